The average molecular weight is 265 g/mol. The summed E-state index contributed by atoms with van der Waals surface area (Å²) in [5.74, 6) is -0.201. The van der Waals surface area contributed by atoms with Gasteiger partial charge in [-0.3, -0.25) is 4.79 Å². The number of carbonyl (C=O) groups excluding carboxylic acids is 1. The Kier molecular flexibility index (Phi) is 3.73. The fourth-order valence-electron chi connectivity index (χ4n) is 1.84. The van der Waals surface area contributed by atoms with E-state index < -0.39 is 0 Å². The molecule has 0 spiro atoms. The van der Waals surface area contributed by atoms with Gasteiger partial charge >= 0.3 is 0 Å². The van der Waals surface area contributed by atoms with Gasteiger partial charge in [-0.2, -0.15) is 5.26 Å². The van der Waals surface area contributed by atoms with E-state index in [1.54, 1.807) is 4.90 Å². The molecule has 2 rings (SSSR count). The Morgan fingerprint density at radius 1 is 1.56 bits per heavy atom. The zero-order valence-electron chi connectivity index (χ0n) is 9.77. The Morgan fingerprint density at radius 3 is 2.89 bits per heavy atom. The highest BCUT2D eigenvalue weighted by molar-refractivity contribution is 6.33. The highest BCUT2D eigenvalue weighted by Crippen LogP contribution is 2.30. The summed E-state index contributed by atoms with van der Waals surface area (Å²) in [6.07, 6.45) is 2.24. The van der Waals surface area contributed by atoms with Crippen LogP contribution in [0.4, 0.5) is 0 Å². The van der Waals surface area contributed by atoms with Crippen molar-refractivity contribution >= 4 is 17.5 Å². The van der Waals surface area contributed by atoms with E-state index in [4.69, 9.17) is 16.9 Å². The summed E-state index contributed by atoms with van der Waals surface area (Å²) in [7, 11) is 0. The van der Waals surface area contributed by atoms with Gasteiger partial charge < -0.3 is 10.0 Å². The van der Waals surface area contributed by atoms with Crippen LogP contribution < -0.4 is 0 Å². The van der Waals surface area contributed by atoms with E-state index in [0.29, 0.717) is 23.6 Å². The van der Waals surface area contributed by atoms with Crippen LogP contribution in [-0.2, 0) is 0 Å². The van der Waals surface area contributed by atoms with Crippen LogP contribution >= 0.6 is 11.6 Å². The molecular weight excluding hydrogens is 252 g/mol. The summed E-state index contributed by atoms with van der Waals surface area (Å²) in [5, 5.41) is 18.4. The number of nitrogens with zero attached hydrogens (tertiary/aromatic N) is 2. The van der Waals surface area contributed by atoms with E-state index in [1.165, 1.54) is 18.2 Å². The Morgan fingerprint density at radius 2 is 2.28 bits per heavy atom. The first-order valence-electron chi connectivity index (χ1n) is 5.80. The molecule has 0 unspecified atom stereocenters. The quantitative estimate of drug-likeness (QED) is 0.909. The molecule has 94 valence electrons. The summed E-state index contributed by atoms with van der Waals surface area (Å²) in [6, 6.07) is 6.56. The maximum absolute atomic E-state index is 12.3. The maximum Gasteiger partial charge on any atom is 0.255 e. The molecule has 1 saturated carbocycles. The molecule has 1 aliphatic rings. The summed E-state index contributed by atoms with van der Waals surface area (Å²) in [5.41, 5.74) is 0.293. The van der Waals surface area contributed by atoms with Crippen LogP contribution in [0.1, 0.15) is 29.6 Å². The number of halogens is 1. The predicted octanol–water partition coefficient (Wildman–Crippen LogP) is 2.56. The van der Waals surface area contributed by atoms with Crippen molar-refractivity contribution in [3.8, 4) is 11.8 Å². The molecule has 0 radical (unpaired) electrons. The van der Waals surface area contributed by atoms with Gasteiger partial charge in [0.15, 0.2) is 0 Å². The van der Waals surface area contributed by atoms with Gasteiger partial charge in [0.2, 0.25) is 0 Å². The lowest BCUT2D eigenvalue weighted by Crippen LogP contribution is -2.34. The number of aromatic hydroxyl groups is 1. The molecular formula is C13H13ClN2O2. The van der Waals surface area contributed by atoms with E-state index in [9.17, 15) is 9.90 Å². The predicted molar refractivity (Wildman–Crippen MR) is 67.4 cm³/mol. The molecule has 0 aromatic heterocycles. The Bertz CT molecular complexity index is 506. The number of rotatable bonds is 4. The van der Waals surface area contributed by atoms with Crippen LogP contribution in [0, 0.1) is 11.3 Å². The lowest BCUT2D eigenvalue weighted by atomic mass is 10.1. The Balaban J connectivity index is 2.22. The molecule has 1 N–H and O–H groups in total. The molecule has 1 aliphatic carbocycles. The van der Waals surface area contributed by atoms with Gasteiger partial charge in [-0.1, -0.05) is 11.6 Å². The van der Waals surface area contributed by atoms with Crippen molar-refractivity contribution in [1.29, 1.82) is 5.26 Å². The number of amides is 1. The second-order valence-electron chi connectivity index (χ2n) is 4.30. The zero-order valence-corrected chi connectivity index (χ0v) is 10.5. The molecule has 1 amide bonds. The van der Waals surface area contributed by atoms with Crippen LogP contribution in [0.15, 0.2) is 18.2 Å². The summed E-state index contributed by atoms with van der Waals surface area (Å²) in [6.45, 7) is 0.409. The lowest BCUT2D eigenvalue weighted by Gasteiger charge is -2.21. The SMILES string of the molecule is N#CCCN(C(=O)c1cc(O)ccc1Cl)C1CC1. The average Bonchev–Trinajstić information content (AvgIpc) is 3.17. The molecule has 0 saturated heterocycles. The van der Waals surface area contributed by atoms with Gasteiger partial charge in [0.25, 0.3) is 5.91 Å². The fraction of sp³-hybridized carbons (Fsp3) is 0.385. The molecule has 1 fully saturated rings. The van der Waals surface area contributed by atoms with Crippen molar-refractivity contribution < 1.29 is 9.90 Å². The number of carbonyl (C=O) groups is 1. The number of benzene rings is 1. The number of phenolic OH excluding ortho intramolecular Hbond substituents is 1. The third-order valence-electron chi connectivity index (χ3n) is 2.89. The number of phenols is 1. The Labute approximate surface area is 110 Å². The smallest absolute Gasteiger partial charge is 0.255 e. The van der Waals surface area contributed by atoms with Gasteiger partial charge in [-0.25, -0.2) is 0 Å². The first-order chi connectivity index (χ1) is 8.63. The highest BCUT2D eigenvalue weighted by Gasteiger charge is 2.33. The van der Waals surface area contributed by atoms with Crippen molar-refractivity contribution in [2.75, 3.05) is 6.54 Å². The fourth-order valence-corrected chi connectivity index (χ4v) is 2.04. The van der Waals surface area contributed by atoms with Crippen molar-refractivity contribution in [2.45, 2.75) is 25.3 Å². The van der Waals surface area contributed by atoms with Gasteiger partial charge in [0.1, 0.15) is 5.75 Å². The molecule has 1 aromatic rings. The van der Waals surface area contributed by atoms with E-state index in [-0.39, 0.29) is 17.7 Å². The van der Waals surface area contributed by atoms with Crippen molar-refractivity contribution in [3.63, 3.8) is 0 Å². The van der Waals surface area contributed by atoms with E-state index in [0.717, 1.165) is 12.8 Å². The third kappa shape index (κ3) is 2.74. The van der Waals surface area contributed by atoms with E-state index in [2.05, 4.69) is 0 Å². The van der Waals surface area contributed by atoms with Gasteiger partial charge in [-0.05, 0) is 31.0 Å². The molecule has 0 aliphatic heterocycles. The largest absolute Gasteiger partial charge is 0.508 e. The minimum atomic E-state index is -0.214. The molecule has 1 aromatic carbocycles. The minimum absolute atomic E-state index is 0.0128. The molecule has 0 heterocycles. The molecule has 0 atom stereocenters. The van der Waals surface area contributed by atoms with Crippen molar-refractivity contribution in [2.24, 2.45) is 0 Å². The molecule has 18 heavy (non-hydrogen) atoms. The van der Waals surface area contributed by atoms with Crippen molar-refractivity contribution in [3.05, 3.63) is 28.8 Å². The highest BCUT2D eigenvalue weighted by atomic mass is 35.5. The van der Waals surface area contributed by atoms with Gasteiger partial charge in [-0.15, -0.1) is 0 Å². The van der Waals surface area contributed by atoms with Crippen LogP contribution in [-0.4, -0.2) is 28.5 Å². The molecule has 5 heteroatoms. The monoisotopic (exact) mass is 264 g/mol. The number of hydrogen-bond donors (Lipinski definition) is 1. The summed E-state index contributed by atoms with van der Waals surface area (Å²) in [4.78, 5) is 14.0. The van der Waals surface area contributed by atoms with Crippen LogP contribution in [0.3, 0.4) is 0 Å². The Hall–Kier alpha value is -1.73. The van der Waals surface area contributed by atoms with Gasteiger partial charge in [0, 0.05) is 12.6 Å². The molecule has 0 bridgehead atoms. The topological polar surface area (TPSA) is 64.3 Å². The first-order valence-corrected chi connectivity index (χ1v) is 6.17. The molecule has 4 nitrogen and oxygen atoms in total. The van der Waals surface area contributed by atoms with Crippen LogP contribution in [0.2, 0.25) is 5.02 Å². The second-order valence-corrected chi connectivity index (χ2v) is 4.71. The third-order valence-corrected chi connectivity index (χ3v) is 3.22. The summed E-state index contributed by atoms with van der Waals surface area (Å²) >= 11 is 5.97. The van der Waals surface area contributed by atoms with Crippen molar-refractivity contribution in [1.82, 2.24) is 4.90 Å². The summed E-state index contributed by atoms with van der Waals surface area (Å²) < 4.78 is 0. The first kappa shape index (κ1) is 12.7. The number of hydrogen-bond acceptors (Lipinski definition) is 3. The van der Waals surface area contributed by atoms with Crippen LogP contribution in [0.25, 0.3) is 0 Å². The standard InChI is InChI=1S/C13H13ClN2O2/c14-12-5-4-10(17)8-11(12)13(18)16(7-1-6-15)9-2-3-9/h4-5,8-9,17H,1-3,7H2. The van der Waals surface area contributed by atoms with E-state index in [1.807, 2.05) is 6.07 Å². The zero-order chi connectivity index (χ0) is 13.1. The second kappa shape index (κ2) is 5.28. The minimum Gasteiger partial charge on any atom is -0.508 e. The normalized spacial score (nSPS) is 14.0. The van der Waals surface area contributed by atoms with E-state index >= 15 is 0 Å². The maximum atomic E-state index is 12.3. The van der Waals surface area contributed by atoms with Gasteiger partial charge in [0.05, 0.1) is 23.1 Å². The van der Waals surface area contributed by atoms with Crippen LogP contribution in [0.5, 0.6) is 5.75 Å². The lowest BCUT2D eigenvalue weighted by molar-refractivity contribution is 0.0746. The number of nitriles is 1.